The van der Waals surface area contributed by atoms with E-state index in [-0.39, 0.29) is 5.41 Å². The Hall–Kier alpha value is -0.500. The predicted octanol–water partition coefficient (Wildman–Crippen LogP) is 3.33. The van der Waals surface area contributed by atoms with Crippen LogP contribution in [0.5, 0.6) is 0 Å². The summed E-state index contributed by atoms with van der Waals surface area (Å²) in [4.78, 5) is 0. The second-order valence-electron chi connectivity index (χ2n) is 3.99. The SMILES string of the molecule is CC(C)(C)c1cc(N)ccc1Br. The minimum atomic E-state index is 0.147. The van der Waals surface area contributed by atoms with Crippen LogP contribution >= 0.6 is 15.9 Å². The van der Waals surface area contributed by atoms with Crippen LogP contribution in [0.1, 0.15) is 26.3 Å². The lowest BCUT2D eigenvalue weighted by atomic mass is 9.87. The lowest BCUT2D eigenvalue weighted by Gasteiger charge is -2.21. The van der Waals surface area contributed by atoms with Crippen LogP contribution in [-0.4, -0.2) is 0 Å². The molecular weight excluding hydrogens is 214 g/mol. The van der Waals surface area contributed by atoms with E-state index >= 15 is 0 Å². The Balaban J connectivity index is 3.23. The summed E-state index contributed by atoms with van der Waals surface area (Å²) in [7, 11) is 0. The van der Waals surface area contributed by atoms with Gasteiger partial charge < -0.3 is 5.73 Å². The number of hydrogen-bond donors (Lipinski definition) is 1. The lowest BCUT2D eigenvalue weighted by Crippen LogP contribution is -2.12. The highest BCUT2D eigenvalue weighted by atomic mass is 79.9. The molecular formula is C10H14BrN. The number of rotatable bonds is 0. The highest BCUT2D eigenvalue weighted by Crippen LogP contribution is 2.30. The first-order chi connectivity index (χ1) is 5.41. The van der Waals surface area contributed by atoms with Gasteiger partial charge in [0.05, 0.1) is 0 Å². The standard InChI is InChI=1S/C10H14BrN/c1-10(2,3)8-6-7(12)4-5-9(8)11/h4-6H,12H2,1-3H3. The van der Waals surface area contributed by atoms with Crippen molar-refractivity contribution in [3.63, 3.8) is 0 Å². The second kappa shape index (κ2) is 3.09. The van der Waals surface area contributed by atoms with Crippen LogP contribution in [0.25, 0.3) is 0 Å². The topological polar surface area (TPSA) is 26.0 Å². The number of nitrogen functional groups attached to an aromatic ring is 1. The molecule has 0 aliphatic carbocycles. The maximum absolute atomic E-state index is 5.70. The fourth-order valence-electron chi connectivity index (χ4n) is 1.12. The summed E-state index contributed by atoms with van der Waals surface area (Å²) in [5, 5.41) is 0. The van der Waals surface area contributed by atoms with Crippen molar-refractivity contribution in [2.24, 2.45) is 0 Å². The van der Waals surface area contributed by atoms with E-state index in [1.165, 1.54) is 5.56 Å². The summed E-state index contributed by atoms with van der Waals surface area (Å²) in [5.74, 6) is 0. The van der Waals surface area contributed by atoms with Gasteiger partial charge in [-0.2, -0.15) is 0 Å². The first-order valence-corrected chi connectivity index (χ1v) is 4.76. The average molecular weight is 228 g/mol. The molecule has 0 saturated carbocycles. The van der Waals surface area contributed by atoms with E-state index < -0.39 is 0 Å². The lowest BCUT2D eigenvalue weighted by molar-refractivity contribution is 0.587. The largest absolute Gasteiger partial charge is 0.399 e. The maximum Gasteiger partial charge on any atom is 0.0317 e. The summed E-state index contributed by atoms with van der Waals surface area (Å²) >= 11 is 3.51. The van der Waals surface area contributed by atoms with Crippen LogP contribution in [0.2, 0.25) is 0 Å². The van der Waals surface area contributed by atoms with Crippen molar-refractivity contribution in [3.05, 3.63) is 28.2 Å². The molecule has 0 aliphatic rings. The summed E-state index contributed by atoms with van der Waals surface area (Å²) in [6, 6.07) is 5.92. The van der Waals surface area contributed by atoms with Crippen molar-refractivity contribution in [1.82, 2.24) is 0 Å². The molecule has 0 aliphatic heterocycles. The quantitative estimate of drug-likeness (QED) is 0.677. The number of nitrogens with two attached hydrogens (primary N) is 1. The molecule has 1 rings (SSSR count). The fourth-order valence-corrected chi connectivity index (χ4v) is 1.96. The Morgan fingerprint density at radius 3 is 2.25 bits per heavy atom. The molecule has 0 atom stereocenters. The van der Waals surface area contributed by atoms with Gasteiger partial charge in [-0.15, -0.1) is 0 Å². The number of benzene rings is 1. The average Bonchev–Trinajstić information content (AvgIpc) is 1.92. The molecule has 0 heterocycles. The van der Waals surface area contributed by atoms with E-state index in [9.17, 15) is 0 Å². The van der Waals surface area contributed by atoms with Crippen molar-refractivity contribution in [2.75, 3.05) is 5.73 Å². The van der Waals surface area contributed by atoms with Crippen LogP contribution in [-0.2, 0) is 5.41 Å². The molecule has 12 heavy (non-hydrogen) atoms. The smallest absolute Gasteiger partial charge is 0.0317 e. The molecule has 0 unspecified atom stereocenters. The zero-order chi connectivity index (χ0) is 9.35. The molecule has 66 valence electrons. The first-order valence-electron chi connectivity index (χ1n) is 3.97. The highest BCUT2D eigenvalue weighted by Gasteiger charge is 2.16. The third-order valence-electron chi connectivity index (χ3n) is 1.80. The van der Waals surface area contributed by atoms with Gasteiger partial charge in [-0.05, 0) is 29.2 Å². The summed E-state index contributed by atoms with van der Waals surface area (Å²) in [5.41, 5.74) is 7.93. The second-order valence-corrected chi connectivity index (χ2v) is 4.84. The van der Waals surface area contributed by atoms with E-state index in [0.29, 0.717) is 0 Å². The van der Waals surface area contributed by atoms with Crippen molar-refractivity contribution in [2.45, 2.75) is 26.2 Å². The predicted molar refractivity (Wildman–Crippen MR) is 57.3 cm³/mol. The van der Waals surface area contributed by atoms with Crippen LogP contribution in [0.3, 0.4) is 0 Å². The number of anilines is 1. The molecule has 0 radical (unpaired) electrons. The molecule has 0 saturated heterocycles. The molecule has 0 amide bonds. The molecule has 1 aromatic carbocycles. The zero-order valence-electron chi connectivity index (χ0n) is 7.69. The fraction of sp³-hybridized carbons (Fsp3) is 0.400. The van der Waals surface area contributed by atoms with Gasteiger partial charge in [0.25, 0.3) is 0 Å². The van der Waals surface area contributed by atoms with Gasteiger partial charge in [0.2, 0.25) is 0 Å². The van der Waals surface area contributed by atoms with Gasteiger partial charge in [-0.3, -0.25) is 0 Å². The molecule has 2 heteroatoms. The molecule has 1 aromatic rings. The summed E-state index contributed by atoms with van der Waals surface area (Å²) in [6.07, 6.45) is 0. The first kappa shape index (κ1) is 9.59. The van der Waals surface area contributed by atoms with E-state index in [4.69, 9.17) is 5.73 Å². The Morgan fingerprint density at radius 1 is 1.25 bits per heavy atom. The molecule has 1 nitrogen and oxygen atoms in total. The van der Waals surface area contributed by atoms with Gasteiger partial charge in [0.1, 0.15) is 0 Å². The zero-order valence-corrected chi connectivity index (χ0v) is 9.27. The minimum Gasteiger partial charge on any atom is -0.399 e. The van der Waals surface area contributed by atoms with E-state index in [1.807, 2.05) is 18.2 Å². The van der Waals surface area contributed by atoms with Crippen LogP contribution in [0.4, 0.5) is 5.69 Å². The minimum absolute atomic E-state index is 0.147. The molecule has 0 bridgehead atoms. The molecule has 2 N–H and O–H groups in total. The van der Waals surface area contributed by atoms with E-state index in [2.05, 4.69) is 36.7 Å². The molecule has 0 fully saturated rings. The van der Waals surface area contributed by atoms with Crippen molar-refractivity contribution < 1.29 is 0 Å². The number of halogens is 1. The van der Waals surface area contributed by atoms with Crippen LogP contribution < -0.4 is 5.73 Å². The van der Waals surface area contributed by atoms with Gasteiger partial charge >= 0.3 is 0 Å². The Kier molecular flexibility index (Phi) is 2.47. The van der Waals surface area contributed by atoms with Crippen molar-refractivity contribution >= 4 is 21.6 Å². The maximum atomic E-state index is 5.70. The van der Waals surface area contributed by atoms with Crippen molar-refractivity contribution in [3.8, 4) is 0 Å². The normalized spacial score (nSPS) is 11.7. The monoisotopic (exact) mass is 227 g/mol. The Labute approximate surface area is 82.1 Å². The van der Waals surface area contributed by atoms with E-state index in [1.54, 1.807) is 0 Å². The Morgan fingerprint density at radius 2 is 1.83 bits per heavy atom. The van der Waals surface area contributed by atoms with Gasteiger partial charge in [-0.25, -0.2) is 0 Å². The molecule has 0 spiro atoms. The molecule has 0 aromatic heterocycles. The summed E-state index contributed by atoms with van der Waals surface area (Å²) < 4.78 is 1.13. The van der Waals surface area contributed by atoms with Gasteiger partial charge in [0, 0.05) is 10.2 Å². The van der Waals surface area contributed by atoms with Crippen LogP contribution in [0.15, 0.2) is 22.7 Å². The third kappa shape index (κ3) is 2.01. The van der Waals surface area contributed by atoms with E-state index in [0.717, 1.165) is 10.2 Å². The van der Waals surface area contributed by atoms with Crippen LogP contribution in [0, 0.1) is 0 Å². The Bertz CT molecular complexity index is 286. The van der Waals surface area contributed by atoms with Gasteiger partial charge in [0.15, 0.2) is 0 Å². The summed E-state index contributed by atoms with van der Waals surface area (Å²) in [6.45, 7) is 6.52. The van der Waals surface area contributed by atoms with Crippen molar-refractivity contribution in [1.29, 1.82) is 0 Å². The third-order valence-corrected chi connectivity index (χ3v) is 2.49. The highest BCUT2D eigenvalue weighted by molar-refractivity contribution is 9.10. The van der Waals surface area contributed by atoms with Gasteiger partial charge in [-0.1, -0.05) is 36.7 Å². The number of hydrogen-bond acceptors (Lipinski definition) is 1.